The van der Waals surface area contributed by atoms with E-state index in [1.807, 2.05) is 23.6 Å². The quantitative estimate of drug-likeness (QED) is 0.0969. The number of guanidine groups is 3. The van der Waals surface area contributed by atoms with Gasteiger partial charge < -0.3 is 25.3 Å². The van der Waals surface area contributed by atoms with Crippen LogP contribution in [-0.2, 0) is 56.2 Å². The van der Waals surface area contributed by atoms with E-state index < -0.39 is 94.6 Å². The average molecular weight is 1490 g/mol. The number of benzene rings is 3. The Morgan fingerprint density at radius 3 is 1.24 bits per heavy atom. The number of hydrogen-bond donors (Lipinski definition) is 5. The summed E-state index contributed by atoms with van der Waals surface area (Å²) >= 11 is 7.36. The summed E-state index contributed by atoms with van der Waals surface area (Å²) in [5.74, 6) is -2.67. The smallest absolute Gasteiger partial charge is 0.444 e. The van der Waals surface area contributed by atoms with Crippen molar-refractivity contribution in [2.24, 2.45) is 20.7 Å². The lowest BCUT2D eigenvalue weighted by atomic mass is 9.79. The van der Waals surface area contributed by atoms with E-state index in [4.69, 9.17) is 41.0 Å². The number of amides is 2. The number of nitrogens with one attached hydrogen (secondary N) is 2. The molecule has 0 radical (unpaired) electrons. The molecule has 3 aromatic heterocycles. The Morgan fingerprint density at radius 1 is 0.568 bits per heavy atom. The summed E-state index contributed by atoms with van der Waals surface area (Å²) in [6.07, 6.45) is -1.57. The number of thiophene rings is 3. The minimum absolute atomic E-state index is 0. The molecule has 3 aliphatic heterocycles. The molecule has 6 heterocycles. The standard InChI is InChI=1S/C21H23FN4O4S2.C16H15FN4O2S2.C14H20BrN3O4S2.C7H5BFNO2.2CH4/c1-20(2,3)30-19(27)24-18-25-21(4,12-32(28,29)26(18)5)17-9-15(11-31-17)14-6-13(10-23)7-16(22)8-14;1-16(9-25(22,23)21(2)15(19)20-16)14-6-12(8-24-14)11-3-10(7-18)4-13(17)5-11;1-13(2,3)22-12(19)16-11-17-14(4,8-24(20,21)18(11)5)10-6-9(15)7-23-10;9-7-2-5(4-10)1-6(3-7)8(11)12;;/h6-9,11H,12H2,1-5H3,(H,24,25,27);3-6,8H,9H2,1-2H3,(H2,19,20);6-7H,8H2,1-5H3,(H,16,17,19);1-3,11-12H;2*1H4/t21-;16-;14-;;;/m000.../s1. The predicted octanol–water partition coefficient (Wildman–Crippen LogP) is 9.56. The fraction of sp³-hybridized carbons (Fsp3) is 0.367. The van der Waals surface area contributed by atoms with Crippen molar-refractivity contribution in [3.63, 3.8) is 0 Å². The van der Waals surface area contributed by atoms with Gasteiger partial charge in [-0.2, -0.15) is 15.8 Å². The number of halogens is 4. The summed E-state index contributed by atoms with van der Waals surface area (Å²) in [6.45, 7) is 15.3. The van der Waals surface area contributed by atoms with Gasteiger partial charge in [0.05, 0.1) is 52.2 Å². The van der Waals surface area contributed by atoms with Crippen molar-refractivity contribution in [3.05, 3.63) is 142 Å². The molecule has 0 saturated heterocycles. The first kappa shape index (κ1) is 79.5. The van der Waals surface area contributed by atoms with Crippen molar-refractivity contribution in [3.8, 4) is 40.5 Å². The van der Waals surface area contributed by atoms with Gasteiger partial charge in [0.2, 0.25) is 47.9 Å². The van der Waals surface area contributed by atoms with Crippen LogP contribution >= 0.6 is 49.9 Å². The number of nitrogens with two attached hydrogens (primary N) is 1. The molecule has 2 amide bonds. The summed E-state index contributed by atoms with van der Waals surface area (Å²) in [5.41, 5.74) is 3.95. The first-order valence-corrected chi connectivity index (χ1v) is 35.4. The van der Waals surface area contributed by atoms with Crippen molar-refractivity contribution in [1.29, 1.82) is 15.8 Å². The molecule has 0 bridgehead atoms. The van der Waals surface area contributed by atoms with E-state index >= 15 is 0 Å². The lowest BCUT2D eigenvalue weighted by molar-refractivity contribution is 0.0546. The Labute approximate surface area is 572 Å². The van der Waals surface area contributed by atoms with Crippen molar-refractivity contribution in [1.82, 2.24) is 23.5 Å². The summed E-state index contributed by atoms with van der Waals surface area (Å²) in [5, 5.41) is 54.0. The third-order valence-electron chi connectivity index (χ3n) is 13.3. The van der Waals surface area contributed by atoms with Crippen LogP contribution in [0.2, 0.25) is 0 Å². The Morgan fingerprint density at radius 2 is 0.905 bits per heavy atom. The molecule has 3 atom stereocenters. The summed E-state index contributed by atoms with van der Waals surface area (Å²) < 4.78 is 129. The van der Waals surface area contributed by atoms with Crippen LogP contribution in [0.3, 0.4) is 0 Å². The normalized spacial score (nSPS) is 19.8. The maximum atomic E-state index is 13.9. The summed E-state index contributed by atoms with van der Waals surface area (Å²) in [4.78, 5) is 39.7. The minimum Gasteiger partial charge on any atom is -0.444 e. The molecule has 6 N–H and O–H groups in total. The van der Waals surface area contributed by atoms with E-state index in [1.54, 1.807) is 103 Å². The van der Waals surface area contributed by atoms with Crippen molar-refractivity contribution in [2.75, 3.05) is 38.4 Å². The third-order valence-corrected chi connectivity index (χ3v) is 23.4. The molecule has 0 aliphatic carbocycles. The van der Waals surface area contributed by atoms with E-state index in [2.05, 4.69) is 41.5 Å². The number of carbonyl (C=O) groups is 2. The number of alkyl carbamates (subject to hydrolysis) is 2. The molecule has 0 spiro atoms. The molecular weight excluding hydrogens is 1420 g/mol. The second-order valence-corrected chi connectivity index (χ2v) is 33.2. The molecule has 24 nitrogen and oxygen atoms in total. The van der Waals surface area contributed by atoms with Crippen LogP contribution in [0.25, 0.3) is 22.3 Å². The highest BCUT2D eigenvalue weighted by Crippen LogP contribution is 2.41. The van der Waals surface area contributed by atoms with Crippen LogP contribution in [0.5, 0.6) is 0 Å². The van der Waals surface area contributed by atoms with Crippen molar-refractivity contribution < 1.29 is 67.5 Å². The predicted molar refractivity (Wildman–Crippen MR) is 367 cm³/mol. The van der Waals surface area contributed by atoms with Gasteiger partial charge in [-0.25, -0.2) is 75.9 Å². The van der Waals surface area contributed by atoms with Crippen molar-refractivity contribution >= 4 is 123 Å². The van der Waals surface area contributed by atoms with Gasteiger partial charge in [0, 0.05) is 45.6 Å². The Kier molecular flexibility index (Phi) is 25.5. The minimum atomic E-state index is -3.79. The molecular formula is C60H71BBrF3N12O12S6. The number of rotatable bonds is 6. The van der Waals surface area contributed by atoms with E-state index in [-0.39, 0.29) is 72.1 Å². The zero-order chi connectivity index (χ0) is 69.8. The van der Waals surface area contributed by atoms with Crippen molar-refractivity contribution in [2.45, 2.75) is 105 Å². The Balaban J connectivity index is 0.000000279. The third kappa shape index (κ3) is 20.6. The van der Waals surface area contributed by atoms with Crippen LogP contribution in [0, 0.1) is 51.4 Å². The average Bonchev–Trinajstić information content (AvgIpc) is 1.76. The number of aliphatic imine (C=N–C) groups is 3. The SMILES string of the molecule is C.C.CN1C(N)=N[C@](C)(c2cc(-c3cc(F)cc(C#N)c3)cs2)CS1(=O)=O.CN1C(NC(=O)OC(C)(C)C)=N[C@](C)(c2cc(-c3cc(F)cc(C#N)c3)cs2)CS1(=O)=O.CN1C(NC(=O)OC(C)(C)C)=N[C@](C)(c2cc(Br)cs2)CS1(=O)=O.N#Cc1cc(F)cc(B(O)O)c1. The zero-order valence-corrected chi connectivity index (χ0v) is 58.4. The second-order valence-electron chi connectivity index (χ2n) is 23.6. The maximum absolute atomic E-state index is 13.9. The monoisotopic (exact) mass is 1490 g/mol. The van der Waals surface area contributed by atoms with Gasteiger partial charge in [0.15, 0.2) is 0 Å². The molecule has 3 aliphatic rings. The van der Waals surface area contributed by atoms with Gasteiger partial charge in [0.1, 0.15) is 45.3 Å². The van der Waals surface area contributed by atoms with Gasteiger partial charge in [-0.1, -0.05) is 14.9 Å². The van der Waals surface area contributed by atoms with E-state index in [0.29, 0.717) is 32.0 Å². The van der Waals surface area contributed by atoms with Crippen LogP contribution in [0.15, 0.2) is 108 Å². The summed E-state index contributed by atoms with van der Waals surface area (Å²) in [7, 11) is -8.69. The number of ether oxygens (including phenoxy) is 2. The molecule has 95 heavy (non-hydrogen) atoms. The van der Waals surface area contributed by atoms with E-state index in [9.17, 15) is 48.0 Å². The first-order valence-electron chi connectivity index (χ1n) is 27.2. The van der Waals surface area contributed by atoms with Crippen LogP contribution < -0.4 is 21.8 Å². The number of hydrogen-bond acceptors (Lipinski definition) is 22. The second kappa shape index (κ2) is 30.4. The summed E-state index contributed by atoms with van der Waals surface area (Å²) in [6, 6.07) is 22.1. The lowest BCUT2D eigenvalue weighted by Gasteiger charge is -2.35. The molecule has 3 aromatic carbocycles. The van der Waals surface area contributed by atoms with E-state index in [0.717, 1.165) is 46.5 Å². The number of carbonyl (C=O) groups excluding carboxylic acids is 2. The van der Waals surface area contributed by atoms with Gasteiger partial charge in [-0.3, -0.25) is 10.6 Å². The first-order chi connectivity index (χ1) is 42.8. The van der Waals surface area contributed by atoms with E-state index in [1.165, 1.54) is 73.4 Å². The topological polar surface area (TPSA) is 364 Å². The highest BCUT2D eigenvalue weighted by Gasteiger charge is 2.45. The molecule has 0 fully saturated rings. The number of nitriles is 3. The van der Waals surface area contributed by atoms with Gasteiger partial charge >= 0.3 is 19.3 Å². The molecule has 35 heteroatoms. The highest BCUT2D eigenvalue weighted by molar-refractivity contribution is 9.10. The number of nitrogens with zero attached hydrogens (tertiary/aromatic N) is 9. The number of sulfonamides is 3. The van der Waals surface area contributed by atoms with Crippen LogP contribution in [-0.4, -0.2) is 135 Å². The molecule has 0 unspecified atom stereocenters. The highest BCUT2D eigenvalue weighted by atomic mass is 79.9. The fourth-order valence-corrected chi connectivity index (χ4v) is 17.0. The maximum Gasteiger partial charge on any atom is 0.488 e. The molecule has 510 valence electrons. The lowest BCUT2D eigenvalue weighted by Crippen LogP contribution is -2.53. The zero-order valence-electron chi connectivity index (χ0n) is 51.9. The van der Waals surface area contributed by atoms with Gasteiger partial charge in [0.25, 0.3) is 0 Å². The van der Waals surface area contributed by atoms with Crippen LogP contribution in [0.4, 0.5) is 22.8 Å². The Hall–Kier alpha value is -7.92. The molecule has 6 aromatic rings. The Bertz CT molecular complexity index is 4460. The molecule has 9 rings (SSSR count). The van der Waals surface area contributed by atoms with Crippen LogP contribution in [0.1, 0.15) is 108 Å². The fourth-order valence-electron chi connectivity index (χ4n) is 8.78. The van der Waals surface area contributed by atoms with Gasteiger partial charge in [-0.15, -0.1) is 34.0 Å². The largest absolute Gasteiger partial charge is 0.488 e. The van der Waals surface area contributed by atoms with Gasteiger partial charge in [-0.05, 0) is 190 Å². The molecule has 0 saturated carbocycles.